The van der Waals surface area contributed by atoms with Crippen molar-refractivity contribution in [1.29, 1.82) is 0 Å². The number of fused-ring (bicyclic) bond motifs is 2. The Morgan fingerprint density at radius 3 is 2.73 bits per heavy atom. The Labute approximate surface area is 134 Å². The van der Waals surface area contributed by atoms with Gasteiger partial charge in [0, 0.05) is 18.2 Å². The van der Waals surface area contributed by atoms with Crippen molar-refractivity contribution in [3.8, 4) is 0 Å². The maximum atomic E-state index is 12.4. The zero-order chi connectivity index (χ0) is 15.9. The molecule has 0 aliphatic heterocycles. The molecule has 2 fully saturated rings. The average molecular weight is 323 g/mol. The van der Waals surface area contributed by atoms with Crippen LogP contribution >= 0.6 is 11.6 Å². The van der Waals surface area contributed by atoms with Crippen LogP contribution in [0.3, 0.4) is 0 Å². The second-order valence-electron chi connectivity index (χ2n) is 6.52. The van der Waals surface area contributed by atoms with E-state index in [1.807, 2.05) is 6.92 Å². The summed E-state index contributed by atoms with van der Waals surface area (Å²) in [6, 6.07) is 4.05. The lowest BCUT2D eigenvalue weighted by molar-refractivity contribution is -0.384. The highest BCUT2D eigenvalue weighted by atomic mass is 35.5. The predicted molar refractivity (Wildman–Crippen MR) is 84.0 cm³/mol. The molecule has 1 aromatic rings. The molecule has 0 saturated heterocycles. The first-order valence-corrected chi connectivity index (χ1v) is 8.08. The molecule has 2 aliphatic rings. The van der Waals surface area contributed by atoms with E-state index in [9.17, 15) is 14.9 Å². The minimum Gasteiger partial charge on any atom is -0.349 e. The number of non-ortho nitro benzene ring substituents is 1. The van der Waals surface area contributed by atoms with Crippen molar-refractivity contribution in [2.24, 2.45) is 17.8 Å². The van der Waals surface area contributed by atoms with Crippen LogP contribution in [-0.2, 0) is 0 Å². The zero-order valence-corrected chi connectivity index (χ0v) is 13.2. The zero-order valence-electron chi connectivity index (χ0n) is 12.4. The lowest BCUT2D eigenvalue weighted by atomic mass is 9.84. The molecule has 6 heteroatoms. The Bertz CT molecular complexity index is 619. The lowest BCUT2D eigenvalue weighted by Crippen LogP contribution is -2.40. The molecule has 118 valence electrons. The molecule has 2 saturated carbocycles. The normalized spacial score (nSPS) is 27.6. The van der Waals surface area contributed by atoms with Crippen molar-refractivity contribution in [2.45, 2.75) is 38.6 Å². The number of nitro groups is 1. The highest BCUT2D eigenvalue weighted by Crippen LogP contribution is 2.49. The van der Waals surface area contributed by atoms with E-state index in [2.05, 4.69) is 5.32 Å². The van der Waals surface area contributed by atoms with Gasteiger partial charge in [-0.05, 0) is 50.0 Å². The van der Waals surface area contributed by atoms with Gasteiger partial charge in [0.1, 0.15) is 0 Å². The number of nitrogens with zero attached hydrogens (tertiary/aromatic N) is 1. The van der Waals surface area contributed by atoms with E-state index in [4.69, 9.17) is 11.6 Å². The molecule has 5 nitrogen and oxygen atoms in total. The molecular weight excluding hydrogens is 304 g/mol. The van der Waals surface area contributed by atoms with Crippen LogP contribution in [0.2, 0.25) is 5.02 Å². The molecule has 2 aliphatic carbocycles. The largest absolute Gasteiger partial charge is 0.349 e. The summed E-state index contributed by atoms with van der Waals surface area (Å²) in [6.45, 7) is 2.04. The first kappa shape index (κ1) is 15.3. The monoisotopic (exact) mass is 322 g/mol. The van der Waals surface area contributed by atoms with E-state index < -0.39 is 4.92 Å². The molecule has 3 rings (SSSR count). The first-order chi connectivity index (χ1) is 10.5. The third-order valence-corrected chi connectivity index (χ3v) is 5.51. The van der Waals surface area contributed by atoms with Gasteiger partial charge in [0.05, 0.1) is 15.5 Å². The molecule has 0 radical (unpaired) electrons. The third-order valence-electron chi connectivity index (χ3n) is 5.20. The number of nitrogens with one attached hydrogen (secondary N) is 1. The first-order valence-electron chi connectivity index (χ1n) is 7.70. The molecular formula is C16H19ClN2O3. The minimum atomic E-state index is -0.522. The Kier molecular flexibility index (Phi) is 4.08. The van der Waals surface area contributed by atoms with Crippen molar-refractivity contribution >= 4 is 23.2 Å². The van der Waals surface area contributed by atoms with E-state index in [0.29, 0.717) is 11.5 Å². The van der Waals surface area contributed by atoms with Gasteiger partial charge in [-0.1, -0.05) is 18.0 Å². The molecule has 1 aromatic carbocycles. The van der Waals surface area contributed by atoms with Gasteiger partial charge in [0.25, 0.3) is 11.6 Å². The second-order valence-corrected chi connectivity index (χ2v) is 6.93. The van der Waals surface area contributed by atoms with E-state index in [0.717, 1.165) is 11.8 Å². The number of nitro benzene ring substituents is 1. The van der Waals surface area contributed by atoms with Gasteiger partial charge in [-0.3, -0.25) is 14.9 Å². The SMILES string of the molecule is C[C@H](NC(=O)c1ccc([N+](=O)[O-])cc1Cl)[C@H]1C[C@H]2CC[C@H]1C2. The van der Waals surface area contributed by atoms with Gasteiger partial charge in [0.15, 0.2) is 0 Å². The Morgan fingerprint density at radius 2 is 2.18 bits per heavy atom. The highest BCUT2D eigenvalue weighted by molar-refractivity contribution is 6.34. The van der Waals surface area contributed by atoms with E-state index in [-0.39, 0.29) is 22.7 Å². The highest BCUT2D eigenvalue weighted by Gasteiger charge is 2.42. The summed E-state index contributed by atoms with van der Waals surface area (Å²) in [4.78, 5) is 22.5. The topological polar surface area (TPSA) is 72.2 Å². The summed E-state index contributed by atoms with van der Waals surface area (Å²) in [7, 11) is 0. The van der Waals surface area contributed by atoms with Crippen LogP contribution in [0.1, 0.15) is 43.0 Å². The van der Waals surface area contributed by atoms with Crippen LogP contribution in [0.15, 0.2) is 18.2 Å². The summed E-state index contributed by atoms with van der Waals surface area (Å²) in [5, 5.41) is 13.8. The van der Waals surface area contributed by atoms with E-state index in [1.165, 1.54) is 43.9 Å². The van der Waals surface area contributed by atoms with Crippen molar-refractivity contribution in [3.63, 3.8) is 0 Å². The van der Waals surface area contributed by atoms with Crippen molar-refractivity contribution in [3.05, 3.63) is 38.9 Å². The summed E-state index contributed by atoms with van der Waals surface area (Å²) in [6.07, 6.45) is 5.09. The molecule has 1 amide bonds. The Morgan fingerprint density at radius 1 is 1.41 bits per heavy atom. The van der Waals surface area contributed by atoms with Crippen molar-refractivity contribution in [1.82, 2.24) is 5.32 Å². The van der Waals surface area contributed by atoms with Crippen molar-refractivity contribution in [2.75, 3.05) is 0 Å². The number of hydrogen-bond acceptors (Lipinski definition) is 3. The van der Waals surface area contributed by atoms with Crippen LogP contribution in [0, 0.1) is 27.9 Å². The summed E-state index contributed by atoms with van der Waals surface area (Å²) < 4.78 is 0. The average Bonchev–Trinajstić information content (AvgIpc) is 3.09. The molecule has 0 unspecified atom stereocenters. The number of rotatable bonds is 4. The van der Waals surface area contributed by atoms with Crippen molar-refractivity contribution < 1.29 is 9.72 Å². The molecule has 22 heavy (non-hydrogen) atoms. The second kappa shape index (κ2) is 5.88. The summed E-state index contributed by atoms with van der Waals surface area (Å²) in [5.74, 6) is 1.85. The molecule has 2 bridgehead atoms. The van der Waals surface area contributed by atoms with Gasteiger partial charge in [0.2, 0.25) is 0 Å². The molecule has 4 atom stereocenters. The van der Waals surface area contributed by atoms with Gasteiger partial charge >= 0.3 is 0 Å². The van der Waals surface area contributed by atoms with E-state index in [1.54, 1.807) is 0 Å². The molecule has 0 aromatic heterocycles. The number of hydrogen-bond donors (Lipinski definition) is 1. The standard InChI is InChI=1S/C16H19ClN2O3/c1-9(14-7-10-2-3-11(14)6-10)18-16(20)13-5-4-12(19(21)22)8-15(13)17/h4-5,8-11,14H,2-3,6-7H2,1H3,(H,18,20)/t9-,10-,11-,14+/m0/s1. The number of carbonyl (C=O) groups excluding carboxylic acids is 1. The van der Waals surface area contributed by atoms with Crippen LogP contribution in [0.4, 0.5) is 5.69 Å². The van der Waals surface area contributed by atoms with E-state index >= 15 is 0 Å². The maximum Gasteiger partial charge on any atom is 0.270 e. The van der Waals surface area contributed by atoms with Gasteiger partial charge in [-0.15, -0.1) is 0 Å². The summed E-state index contributed by atoms with van der Waals surface area (Å²) >= 11 is 6.01. The van der Waals surface area contributed by atoms with Crippen LogP contribution in [-0.4, -0.2) is 16.9 Å². The minimum absolute atomic E-state index is 0.106. The fraction of sp³-hybridized carbons (Fsp3) is 0.562. The quantitative estimate of drug-likeness (QED) is 0.677. The fourth-order valence-corrected chi connectivity index (χ4v) is 4.36. The Hall–Kier alpha value is -1.62. The number of halogens is 1. The maximum absolute atomic E-state index is 12.4. The third kappa shape index (κ3) is 2.82. The van der Waals surface area contributed by atoms with Gasteiger partial charge < -0.3 is 5.32 Å². The van der Waals surface area contributed by atoms with Crippen LogP contribution < -0.4 is 5.32 Å². The van der Waals surface area contributed by atoms with Gasteiger partial charge in [-0.25, -0.2) is 0 Å². The molecule has 0 heterocycles. The number of benzene rings is 1. The molecule has 1 N–H and O–H groups in total. The number of amides is 1. The smallest absolute Gasteiger partial charge is 0.270 e. The van der Waals surface area contributed by atoms with Crippen LogP contribution in [0.5, 0.6) is 0 Å². The molecule has 0 spiro atoms. The van der Waals surface area contributed by atoms with Gasteiger partial charge in [-0.2, -0.15) is 0 Å². The predicted octanol–water partition coefficient (Wildman–Crippen LogP) is 3.80. The Balaban J connectivity index is 1.68. The fourth-order valence-electron chi connectivity index (χ4n) is 4.10. The van der Waals surface area contributed by atoms with Crippen LogP contribution in [0.25, 0.3) is 0 Å². The lowest BCUT2D eigenvalue weighted by Gasteiger charge is -2.28. The summed E-state index contributed by atoms with van der Waals surface area (Å²) in [5.41, 5.74) is 0.185. The number of carbonyl (C=O) groups is 1.